The van der Waals surface area contributed by atoms with E-state index in [0.717, 1.165) is 54.9 Å². The van der Waals surface area contributed by atoms with Crippen LogP contribution in [-0.4, -0.2) is 37.1 Å². The number of anilines is 2. The average molecular weight is 388 g/mol. The van der Waals surface area contributed by atoms with E-state index in [1.165, 1.54) is 6.07 Å². The summed E-state index contributed by atoms with van der Waals surface area (Å²) in [7, 11) is 4.01. The summed E-state index contributed by atoms with van der Waals surface area (Å²) in [6.45, 7) is 2.03. The van der Waals surface area contributed by atoms with Gasteiger partial charge >= 0.3 is 0 Å². The normalized spacial score (nSPS) is 19.2. The summed E-state index contributed by atoms with van der Waals surface area (Å²) in [5, 5.41) is 6.40. The quantitative estimate of drug-likeness (QED) is 0.816. The molecule has 0 spiro atoms. The van der Waals surface area contributed by atoms with Crippen LogP contribution in [0.2, 0.25) is 0 Å². The molecule has 0 saturated heterocycles. The molecule has 1 amide bonds. The molecule has 3 rings (SSSR count). The van der Waals surface area contributed by atoms with Gasteiger partial charge in [0, 0.05) is 49.7 Å². The lowest BCUT2D eigenvalue weighted by molar-refractivity contribution is 0.0926. The molecule has 0 atom stereocenters. The number of nitrogens with one attached hydrogen (secondary N) is 2. The second kappa shape index (κ2) is 8.54. The van der Waals surface area contributed by atoms with Crippen molar-refractivity contribution in [3.8, 4) is 0 Å². The number of aromatic nitrogens is 1. The Labute approximate surface area is 164 Å². The first-order chi connectivity index (χ1) is 13.3. The second-order valence-corrected chi connectivity index (χ2v) is 7.55. The van der Waals surface area contributed by atoms with Crippen molar-refractivity contribution in [1.82, 2.24) is 10.3 Å². The number of aryl methyl sites for hydroxylation is 1. The maximum absolute atomic E-state index is 13.3. The Bertz CT molecular complexity index is 848. The number of carbonyl (C=O) groups excluding carboxylic acids is 1. The van der Waals surface area contributed by atoms with Crippen molar-refractivity contribution >= 4 is 17.4 Å². The van der Waals surface area contributed by atoms with Crippen LogP contribution in [0.5, 0.6) is 0 Å². The number of benzene rings is 1. The lowest BCUT2D eigenvalue weighted by Gasteiger charge is -2.30. The number of hydrogen-bond acceptors (Lipinski definition) is 4. The van der Waals surface area contributed by atoms with Crippen LogP contribution in [0.25, 0.3) is 0 Å². The summed E-state index contributed by atoms with van der Waals surface area (Å²) in [5.74, 6) is -1.48. The van der Waals surface area contributed by atoms with Gasteiger partial charge in [0.05, 0.1) is 0 Å². The van der Waals surface area contributed by atoms with E-state index >= 15 is 0 Å². The molecule has 150 valence electrons. The van der Waals surface area contributed by atoms with Gasteiger partial charge < -0.3 is 15.5 Å². The number of amides is 1. The Kier molecular flexibility index (Phi) is 6.11. The molecule has 1 aliphatic carbocycles. The van der Waals surface area contributed by atoms with Gasteiger partial charge in [0.1, 0.15) is 5.82 Å². The Hall–Kier alpha value is -2.70. The fourth-order valence-corrected chi connectivity index (χ4v) is 3.57. The molecule has 1 saturated carbocycles. The Balaban J connectivity index is 1.52. The number of pyridine rings is 1. The van der Waals surface area contributed by atoms with Crippen LogP contribution in [0.15, 0.2) is 30.5 Å². The molecule has 28 heavy (non-hydrogen) atoms. The molecule has 1 heterocycles. The third-order valence-corrected chi connectivity index (χ3v) is 5.15. The van der Waals surface area contributed by atoms with Crippen LogP contribution in [0.1, 0.15) is 41.6 Å². The number of carbonyl (C=O) groups is 1. The van der Waals surface area contributed by atoms with E-state index in [4.69, 9.17) is 0 Å². The zero-order chi connectivity index (χ0) is 20.3. The topological polar surface area (TPSA) is 57.3 Å². The first kappa shape index (κ1) is 20.0. The first-order valence-electron chi connectivity index (χ1n) is 9.50. The van der Waals surface area contributed by atoms with Crippen molar-refractivity contribution in [3.05, 3.63) is 53.2 Å². The number of rotatable bonds is 5. The van der Waals surface area contributed by atoms with Gasteiger partial charge in [-0.2, -0.15) is 0 Å². The van der Waals surface area contributed by atoms with Crippen LogP contribution in [0.4, 0.5) is 20.3 Å². The zero-order valence-electron chi connectivity index (χ0n) is 16.4. The monoisotopic (exact) mass is 388 g/mol. The molecule has 0 radical (unpaired) electrons. The summed E-state index contributed by atoms with van der Waals surface area (Å²) in [6, 6.07) is 5.58. The third kappa shape index (κ3) is 4.77. The summed E-state index contributed by atoms with van der Waals surface area (Å²) in [4.78, 5) is 18.8. The molecule has 5 nitrogen and oxygen atoms in total. The lowest BCUT2D eigenvalue weighted by Crippen LogP contribution is -2.40. The highest BCUT2D eigenvalue weighted by Crippen LogP contribution is 2.25. The SMILES string of the molecule is Cc1cnc(N[C@H]2CC[C@@H](NC(=O)c3ccc(F)c(F)c3)CC2)cc1N(C)C. The van der Waals surface area contributed by atoms with Crippen LogP contribution in [-0.2, 0) is 0 Å². The smallest absolute Gasteiger partial charge is 0.251 e. The van der Waals surface area contributed by atoms with Gasteiger partial charge in [0.2, 0.25) is 0 Å². The van der Waals surface area contributed by atoms with Crippen molar-refractivity contribution in [1.29, 1.82) is 0 Å². The summed E-state index contributed by atoms with van der Waals surface area (Å²) in [6.07, 6.45) is 5.30. The van der Waals surface area contributed by atoms with Crippen LogP contribution >= 0.6 is 0 Å². The molecule has 1 fully saturated rings. The van der Waals surface area contributed by atoms with Gasteiger partial charge in [0.25, 0.3) is 5.91 Å². The standard InChI is InChI=1S/C21H26F2N4O/c1-13-12-24-20(11-19(13)27(2)3)25-15-5-7-16(8-6-15)26-21(28)14-4-9-17(22)18(23)10-14/h4,9-12,15-16H,5-8H2,1-3H3,(H,24,25)(H,26,28)/t15-,16+. The maximum Gasteiger partial charge on any atom is 0.251 e. The second-order valence-electron chi connectivity index (χ2n) is 7.55. The molecule has 0 bridgehead atoms. The number of nitrogens with zero attached hydrogens (tertiary/aromatic N) is 2. The maximum atomic E-state index is 13.3. The highest BCUT2D eigenvalue weighted by Gasteiger charge is 2.23. The first-order valence-corrected chi connectivity index (χ1v) is 9.50. The van der Waals surface area contributed by atoms with Gasteiger partial charge in [-0.05, 0) is 56.4 Å². The van der Waals surface area contributed by atoms with E-state index in [-0.39, 0.29) is 17.5 Å². The van der Waals surface area contributed by atoms with Crippen LogP contribution in [0, 0.1) is 18.6 Å². The van der Waals surface area contributed by atoms with Crippen LogP contribution in [0.3, 0.4) is 0 Å². The van der Waals surface area contributed by atoms with E-state index in [2.05, 4.69) is 20.5 Å². The van der Waals surface area contributed by atoms with Gasteiger partial charge in [0.15, 0.2) is 11.6 Å². The van der Waals surface area contributed by atoms with Gasteiger partial charge in [-0.15, -0.1) is 0 Å². The Morgan fingerprint density at radius 2 is 1.75 bits per heavy atom. The minimum Gasteiger partial charge on any atom is -0.377 e. The molecular formula is C21H26F2N4O. The molecular weight excluding hydrogens is 362 g/mol. The lowest BCUT2D eigenvalue weighted by atomic mass is 9.91. The van der Waals surface area contributed by atoms with Gasteiger partial charge in [-0.3, -0.25) is 4.79 Å². The van der Waals surface area contributed by atoms with E-state index < -0.39 is 11.6 Å². The minimum absolute atomic E-state index is 0.0296. The largest absolute Gasteiger partial charge is 0.377 e. The Morgan fingerprint density at radius 1 is 1.07 bits per heavy atom. The number of halogens is 2. The predicted octanol–water partition coefficient (Wildman–Crippen LogP) is 3.89. The molecule has 7 heteroatoms. The fourth-order valence-electron chi connectivity index (χ4n) is 3.57. The zero-order valence-corrected chi connectivity index (χ0v) is 16.4. The highest BCUT2D eigenvalue weighted by atomic mass is 19.2. The van der Waals surface area contributed by atoms with E-state index in [1.54, 1.807) is 0 Å². The van der Waals surface area contributed by atoms with Gasteiger partial charge in [-0.1, -0.05) is 0 Å². The predicted molar refractivity (Wildman–Crippen MR) is 107 cm³/mol. The summed E-state index contributed by atoms with van der Waals surface area (Å²) < 4.78 is 26.3. The molecule has 1 aromatic carbocycles. The van der Waals surface area contributed by atoms with Crippen LogP contribution < -0.4 is 15.5 Å². The summed E-state index contributed by atoms with van der Waals surface area (Å²) >= 11 is 0. The molecule has 0 unspecified atom stereocenters. The summed E-state index contributed by atoms with van der Waals surface area (Å²) in [5.41, 5.74) is 2.39. The van der Waals surface area contributed by atoms with E-state index in [9.17, 15) is 13.6 Å². The van der Waals surface area contributed by atoms with Crippen molar-refractivity contribution < 1.29 is 13.6 Å². The van der Waals surface area contributed by atoms with Gasteiger partial charge in [-0.25, -0.2) is 13.8 Å². The molecule has 1 aliphatic rings. The molecule has 1 aromatic heterocycles. The molecule has 2 N–H and O–H groups in total. The highest BCUT2D eigenvalue weighted by molar-refractivity contribution is 5.94. The van der Waals surface area contributed by atoms with Crippen molar-refractivity contribution in [2.24, 2.45) is 0 Å². The third-order valence-electron chi connectivity index (χ3n) is 5.15. The number of hydrogen-bond donors (Lipinski definition) is 2. The van der Waals surface area contributed by atoms with E-state index in [0.29, 0.717) is 6.04 Å². The molecule has 0 aliphatic heterocycles. The fraction of sp³-hybridized carbons (Fsp3) is 0.429. The van der Waals surface area contributed by atoms with E-state index in [1.807, 2.05) is 33.3 Å². The molecule has 2 aromatic rings. The average Bonchev–Trinajstić information content (AvgIpc) is 2.66. The van der Waals surface area contributed by atoms with Crippen molar-refractivity contribution in [3.63, 3.8) is 0 Å². The van der Waals surface area contributed by atoms with Crippen molar-refractivity contribution in [2.45, 2.75) is 44.7 Å². The van der Waals surface area contributed by atoms with Crippen molar-refractivity contribution in [2.75, 3.05) is 24.3 Å². The minimum atomic E-state index is -1.01. The Morgan fingerprint density at radius 3 is 2.39 bits per heavy atom.